The fourth-order valence-corrected chi connectivity index (χ4v) is 2.32. The van der Waals surface area contributed by atoms with Gasteiger partial charge in [0.05, 0.1) is 17.4 Å². The predicted molar refractivity (Wildman–Crippen MR) is 57.4 cm³/mol. The Morgan fingerprint density at radius 1 is 1.28 bits per heavy atom. The molecule has 1 aliphatic carbocycles. The standard InChI is InChI=1S/C12H8FNO4/c13-8-3-1-2-5(12(17)18)9(8)14-10(15)6-4-7(6)11(14)16/h1-3,6-7H,4H2,(H,17,18). The van der Waals surface area contributed by atoms with E-state index in [9.17, 15) is 18.8 Å². The summed E-state index contributed by atoms with van der Waals surface area (Å²) in [5.74, 6) is -4.03. The summed E-state index contributed by atoms with van der Waals surface area (Å²) in [6.45, 7) is 0. The van der Waals surface area contributed by atoms with Gasteiger partial charge in [-0.15, -0.1) is 0 Å². The first-order valence-corrected chi connectivity index (χ1v) is 5.42. The van der Waals surface area contributed by atoms with Gasteiger partial charge in [-0.3, -0.25) is 9.59 Å². The van der Waals surface area contributed by atoms with E-state index >= 15 is 0 Å². The van der Waals surface area contributed by atoms with Crippen molar-refractivity contribution in [3.63, 3.8) is 0 Å². The highest BCUT2D eigenvalue weighted by Gasteiger charge is 2.60. The summed E-state index contributed by atoms with van der Waals surface area (Å²) in [6, 6.07) is 3.44. The van der Waals surface area contributed by atoms with Crippen LogP contribution in [0.2, 0.25) is 0 Å². The number of carbonyl (C=O) groups is 3. The van der Waals surface area contributed by atoms with Crippen molar-refractivity contribution in [3.8, 4) is 0 Å². The zero-order chi connectivity index (χ0) is 13.0. The number of anilines is 1. The Bertz CT molecular complexity index is 578. The van der Waals surface area contributed by atoms with Crippen molar-refractivity contribution < 1.29 is 23.9 Å². The van der Waals surface area contributed by atoms with Gasteiger partial charge in [-0.25, -0.2) is 14.1 Å². The largest absolute Gasteiger partial charge is 0.478 e. The number of amides is 2. The number of aromatic carboxylic acids is 1. The quantitative estimate of drug-likeness (QED) is 0.794. The van der Waals surface area contributed by atoms with Crippen LogP contribution in [0.1, 0.15) is 16.8 Å². The number of rotatable bonds is 2. The number of piperidine rings is 1. The van der Waals surface area contributed by atoms with Crippen LogP contribution in [-0.4, -0.2) is 22.9 Å². The third-order valence-electron chi connectivity index (χ3n) is 3.31. The summed E-state index contributed by atoms with van der Waals surface area (Å²) in [6.07, 6.45) is 0.491. The Kier molecular flexibility index (Phi) is 2.04. The van der Waals surface area contributed by atoms with E-state index in [2.05, 4.69) is 0 Å². The molecule has 2 aliphatic rings. The van der Waals surface area contributed by atoms with Gasteiger partial charge in [0.2, 0.25) is 11.8 Å². The lowest BCUT2D eigenvalue weighted by Gasteiger charge is -2.19. The molecule has 3 rings (SSSR count). The molecule has 2 unspecified atom stereocenters. The topological polar surface area (TPSA) is 74.7 Å². The van der Waals surface area contributed by atoms with Gasteiger partial charge in [-0.05, 0) is 18.6 Å². The second-order valence-corrected chi connectivity index (χ2v) is 4.40. The maximum atomic E-state index is 13.7. The van der Waals surface area contributed by atoms with Crippen LogP contribution < -0.4 is 4.90 Å². The smallest absolute Gasteiger partial charge is 0.337 e. The lowest BCUT2D eigenvalue weighted by molar-refractivity contribution is -0.123. The number of imide groups is 1. The number of para-hydroxylation sites is 1. The second-order valence-electron chi connectivity index (χ2n) is 4.40. The normalized spacial score (nSPS) is 25.3. The van der Waals surface area contributed by atoms with E-state index in [0.29, 0.717) is 11.3 Å². The Balaban J connectivity index is 2.15. The van der Waals surface area contributed by atoms with Gasteiger partial charge >= 0.3 is 5.97 Å². The number of carboxylic acids is 1. The molecule has 1 aliphatic heterocycles. The zero-order valence-electron chi connectivity index (χ0n) is 9.09. The lowest BCUT2D eigenvalue weighted by Crippen LogP contribution is -2.34. The van der Waals surface area contributed by atoms with Crippen molar-refractivity contribution in [2.45, 2.75) is 6.42 Å². The zero-order valence-corrected chi connectivity index (χ0v) is 9.09. The van der Waals surface area contributed by atoms with Crippen molar-refractivity contribution in [3.05, 3.63) is 29.6 Å². The molecule has 0 bridgehead atoms. The molecule has 1 aromatic carbocycles. The maximum Gasteiger partial charge on any atom is 0.337 e. The van der Waals surface area contributed by atoms with E-state index in [-0.39, 0.29) is 5.56 Å². The summed E-state index contributed by atoms with van der Waals surface area (Å²) >= 11 is 0. The van der Waals surface area contributed by atoms with Crippen molar-refractivity contribution >= 4 is 23.5 Å². The minimum absolute atomic E-state index is 0.377. The van der Waals surface area contributed by atoms with E-state index in [1.165, 1.54) is 12.1 Å². The van der Waals surface area contributed by atoms with Crippen LogP contribution in [0.15, 0.2) is 18.2 Å². The molecule has 1 saturated heterocycles. The summed E-state index contributed by atoms with van der Waals surface area (Å²) in [5, 5.41) is 8.98. The molecule has 1 saturated carbocycles. The van der Waals surface area contributed by atoms with Crippen LogP contribution in [0.4, 0.5) is 10.1 Å². The summed E-state index contributed by atoms with van der Waals surface area (Å²) in [7, 11) is 0. The third-order valence-corrected chi connectivity index (χ3v) is 3.31. The molecule has 92 valence electrons. The highest BCUT2D eigenvalue weighted by atomic mass is 19.1. The second kappa shape index (κ2) is 3.38. The Hall–Kier alpha value is -2.24. The van der Waals surface area contributed by atoms with Gasteiger partial charge in [-0.1, -0.05) is 6.07 Å². The minimum atomic E-state index is -1.37. The first kappa shape index (κ1) is 10.9. The van der Waals surface area contributed by atoms with Crippen molar-refractivity contribution in [2.75, 3.05) is 4.90 Å². The molecule has 0 spiro atoms. The summed E-state index contributed by atoms with van der Waals surface area (Å²) < 4.78 is 13.7. The van der Waals surface area contributed by atoms with Gasteiger partial charge in [0.1, 0.15) is 11.5 Å². The lowest BCUT2D eigenvalue weighted by atomic mass is 10.1. The summed E-state index contributed by atoms with van der Waals surface area (Å²) in [5.41, 5.74) is -0.815. The van der Waals surface area contributed by atoms with E-state index in [0.717, 1.165) is 6.07 Å². The number of halogens is 1. The van der Waals surface area contributed by atoms with Gasteiger partial charge in [0, 0.05) is 0 Å². The molecule has 5 nitrogen and oxygen atoms in total. The Morgan fingerprint density at radius 2 is 1.89 bits per heavy atom. The monoisotopic (exact) mass is 249 g/mol. The fourth-order valence-electron chi connectivity index (χ4n) is 2.32. The first-order chi connectivity index (χ1) is 8.52. The van der Waals surface area contributed by atoms with E-state index in [1.54, 1.807) is 0 Å². The molecule has 6 heteroatoms. The molecule has 0 aromatic heterocycles. The van der Waals surface area contributed by atoms with Gasteiger partial charge in [-0.2, -0.15) is 0 Å². The van der Waals surface area contributed by atoms with Gasteiger partial charge < -0.3 is 5.11 Å². The highest BCUT2D eigenvalue weighted by molar-refractivity contribution is 6.26. The van der Waals surface area contributed by atoms with Crippen LogP contribution in [-0.2, 0) is 9.59 Å². The van der Waals surface area contributed by atoms with Crippen LogP contribution in [0.5, 0.6) is 0 Å². The van der Waals surface area contributed by atoms with Crippen LogP contribution >= 0.6 is 0 Å². The maximum absolute atomic E-state index is 13.7. The average Bonchev–Trinajstić information content (AvgIpc) is 3.06. The third kappa shape index (κ3) is 1.28. The van der Waals surface area contributed by atoms with E-state index in [1.807, 2.05) is 0 Å². The number of benzene rings is 1. The molecule has 1 aromatic rings. The number of hydrogen-bond acceptors (Lipinski definition) is 3. The molecular weight excluding hydrogens is 241 g/mol. The number of hydrogen-bond donors (Lipinski definition) is 1. The summed E-state index contributed by atoms with van der Waals surface area (Å²) in [4.78, 5) is 35.4. The molecule has 1 heterocycles. The molecular formula is C12H8FNO4. The van der Waals surface area contributed by atoms with Gasteiger partial charge in [0.25, 0.3) is 0 Å². The van der Waals surface area contributed by atoms with E-state index < -0.39 is 41.1 Å². The van der Waals surface area contributed by atoms with Crippen LogP contribution in [0.3, 0.4) is 0 Å². The number of carboxylic acid groups (broad SMARTS) is 1. The molecule has 0 radical (unpaired) electrons. The number of nitrogens with zero attached hydrogens (tertiary/aromatic N) is 1. The molecule has 2 amide bonds. The van der Waals surface area contributed by atoms with Crippen molar-refractivity contribution in [1.29, 1.82) is 0 Å². The Morgan fingerprint density at radius 3 is 2.44 bits per heavy atom. The molecule has 2 atom stereocenters. The fraction of sp³-hybridized carbons (Fsp3) is 0.250. The molecule has 18 heavy (non-hydrogen) atoms. The van der Waals surface area contributed by atoms with E-state index in [4.69, 9.17) is 5.11 Å². The first-order valence-electron chi connectivity index (χ1n) is 5.42. The Labute approximate surface area is 101 Å². The SMILES string of the molecule is O=C(O)c1cccc(F)c1N1C(=O)C2CC2C1=O. The van der Waals surface area contributed by atoms with Crippen LogP contribution in [0, 0.1) is 17.7 Å². The minimum Gasteiger partial charge on any atom is -0.478 e. The van der Waals surface area contributed by atoms with Crippen molar-refractivity contribution in [1.82, 2.24) is 0 Å². The van der Waals surface area contributed by atoms with Crippen molar-refractivity contribution in [2.24, 2.45) is 11.8 Å². The van der Waals surface area contributed by atoms with Crippen LogP contribution in [0.25, 0.3) is 0 Å². The molecule has 2 fully saturated rings. The average molecular weight is 249 g/mol. The highest BCUT2D eigenvalue weighted by Crippen LogP contribution is 2.49. The number of fused-ring (bicyclic) bond motifs is 1. The predicted octanol–water partition coefficient (Wildman–Crippen LogP) is 1.03. The number of carbonyl (C=O) groups excluding carboxylic acids is 2. The molecule has 1 N–H and O–H groups in total. The van der Waals surface area contributed by atoms with Gasteiger partial charge in [0.15, 0.2) is 0 Å².